The van der Waals surface area contributed by atoms with Crippen LogP contribution in [-0.4, -0.2) is 0 Å². The van der Waals surface area contributed by atoms with Crippen molar-refractivity contribution in [1.29, 1.82) is 0 Å². The topological polar surface area (TPSA) is 16.4 Å². The summed E-state index contributed by atoms with van der Waals surface area (Å²) < 4.78 is 6.47. The number of benzene rings is 10. The number of fused-ring (bicyclic) bond motifs is 6. The Morgan fingerprint density at radius 3 is 1.51 bits per heavy atom. The van der Waals surface area contributed by atoms with Crippen molar-refractivity contribution in [2.75, 3.05) is 4.90 Å². The average molecular weight is 804 g/mol. The number of hydrogen-bond donors (Lipinski definition) is 0. The van der Waals surface area contributed by atoms with Crippen LogP contribution in [0.2, 0.25) is 0 Å². The first-order valence-corrected chi connectivity index (χ1v) is 21.7. The molecule has 1 aliphatic rings. The second-order valence-corrected chi connectivity index (χ2v) is 16.4. The summed E-state index contributed by atoms with van der Waals surface area (Å²) in [5.41, 5.74) is 19.1. The molecule has 2 heteroatoms. The molecule has 1 aromatic heterocycles. The molecule has 12 rings (SSSR count). The molecule has 0 saturated heterocycles. The molecule has 0 fully saturated rings. The van der Waals surface area contributed by atoms with Crippen molar-refractivity contribution in [3.05, 3.63) is 271 Å². The smallest absolute Gasteiger partial charge is 0.143 e. The third kappa shape index (κ3) is 6.02. The van der Waals surface area contributed by atoms with Gasteiger partial charge in [0.05, 0.1) is 5.41 Å². The van der Waals surface area contributed by atoms with Gasteiger partial charge in [-0.1, -0.05) is 200 Å². The van der Waals surface area contributed by atoms with Crippen molar-refractivity contribution in [1.82, 2.24) is 0 Å². The molecule has 0 aliphatic heterocycles. The van der Waals surface area contributed by atoms with E-state index in [4.69, 9.17) is 4.42 Å². The van der Waals surface area contributed by atoms with E-state index in [0.29, 0.717) is 0 Å². The van der Waals surface area contributed by atoms with Crippen molar-refractivity contribution in [3.8, 4) is 44.5 Å². The summed E-state index contributed by atoms with van der Waals surface area (Å²) in [6.45, 7) is 0. The molecular formula is C61H41NO. The van der Waals surface area contributed by atoms with E-state index in [1.54, 1.807) is 0 Å². The maximum absolute atomic E-state index is 6.47. The fourth-order valence-electron chi connectivity index (χ4n) is 10.1. The molecule has 0 saturated carbocycles. The van der Waals surface area contributed by atoms with E-state index in [0.717, 1.165) is 55.7 Å². The van der Waals surface area contributed by atoms with E-state index >= 15 is 0 Å². The van der Waals surface area contributed by atoms with Gasteiger partial charge >= 0.3 is 0 Å². The van der Waals surface area contributed by atoms with Crippen LogP contribution in [0.25, 0.3) is 66.4 Å². The van der Waals surface area contributed by atoms with Gasteiger partial charge in [0.1, 0.15) is 11.2 Å². The van der Waals surface area contributed by atoms with Gasteiger partial charge in [0.2, 0.25) is 0 Å². The Morgan fingerprint density at radius 2 is 0.794 bits per heavy atom. The minimum absolute atomic E-state index is 0.471. The van der Waals surface area contributed by atoms with Gasteiger partial charge in [0, 0.05) is 33.4 Å². The van der Waals surface area contributed by atoms with Crippen LogP contribution in [0.3, 0.4) is 0 Å². The highest BCUT2D eigenvalue weighted by Gasteiger charge is 2.45. The summed E-state index contributed by atoms with van der Waals surface area (Å²) in [6.07, 6.45) is 0. The molecule has 0 atom stereocenters. The zero-order chi connectivity index (χ0) is 41.7. The molecule has 2 nitrogen and oxygen atoms in total. The third-order valence-electron chi connectivity index (χ3n) is 13.0. The Bertz CT molecular complexity index is 3390. The lowest BCUT2D eigenvalue weighted by Crippen LogP contribution is -2.28. The zero-order valence-electron chi connectivity index (χ0n) is 34.5. The van der Waals surface area contributed by atoms with Crippen molar-refractivity contribution >= 4 is 39.0 Å². The summed E-state index contributed by atoms with van der Waals surface area (Å²) in [4.78, 5) is 2.38. The highest BCUT2D eigenvalue weighted by Crippen LogP contribution is 2.56. The second-order valence-electron chi connectivity index (χ2n) is 16.4. The molecule has 11 aromatic rings. The molecule has 296 valence electrons. The van der Waals surface area contributed by atoms with Gasteiger partial charge in [-0.3, -0.25) is 0 Å². The van der Waals surface area contributed by atoms with E-state index in [-0.39, 0.29) is 0 Å². The molecule has 1 aliphatic carbocycles. The summed E-state index contributed by atoms with van der Waals surface area (Å²) >= 11 is 0. The van der Waals surface area contributed by atoms with Crippen molar-refractivity contribution in [3.63, 3.8) is 0 Å². The number of rotatable bonds is 8. The molecule has 10 aromatic carbocycles. The van der Waals surface area contributed by atoms with E-state index in [9.17, 15) is 0 Å². The number of anilines is 3. The Kier molecular flexibility index (Phi) is 8.76. The fourth-order valence-corrected chi connectivity index (χ4v) is 10.1. The third-order valence-corrected chi connectivity index (χ3v) is 13.0. The molecule has 0 radical (unpaired) electrons. The van der Waals surface area contributed by atoms with Crippen LogP contribution in [0.15, 0.2) is 253 Å². The van der Waals surface area contributed by atoms with Crippen LogP contribution >= 0.6 is 0 Å². The monoisotopic (exact) mass is 803 g/mol. The van der Waals surface area contributed by atoms with Crippen LogP contribution in [0.1, 0.15) is 22.3 Å². The minimum atomic E-state index is -0.471. The minimum Gasteiger partial charge on any atom is -0.455 e. The SMILES string of the molecule is c1ccc(-c2cccc(-c3cccc(N(c4ccc(-c5cccc6c5oc5ccccc56)cc4)c4ccc(C5(c6ccccc6)c6ccccc6-c6ccccc65)cc4)c3)c2)cc1. The van der Waals surface area contributed by atoms with E-state index in [2.05, 4.69) is 241 Å². The first-order valence-electron chi connectivity index (χ1n) is 21.7. The van der Waals surface area contributed by atoms with Crippen molar-refractivity contribution in [2.24, 2.45) is 0 Å². The highest BCUT2D eigenvalue weighted by molar-refractivity contribution is 6.09. The standard InChI is InChI=1S/C61H41NO/c1-3-16-42(17-4-1)44-18-13-19-45(40-44)46-20-14-23-51(41-46)62(49-36-32-43(33-37-49)52-27-15-28-56-55-26-9-12-31-59(55)63-60(52)56)50-38-34-48(35-39-50)61(47-21-5-2-6-22-47)57-29-10-7-24-53(57)54-25-8-11-30-58(54)61/h1-41H. The number of hydrogen-bond acceptors (Lipinski definition) is 2. The molecule has 63 heavy (non-hydrogen) atoms. The largest absolute Gasteiger partial charge is 0.455 e. The maximum Gasteiger partial charge on any atom is 0.143 e. The lowest BCUT2D eigenvalue weighted by Gasteiger charge is -2.34. The number of nitrogens with zero attached hydrogens (tertiary/aromatic N) is 1. The molecule has 0 N–H and O–H groups in total. The zero-order valence-corrected chi connectivity index (χ0v) is 34.5. The summed E-state index contributed by atoms with van der Waals surface area (Å²) in [5.74, 6) is 0. The first kappa shape index (κ1) is 36.6. The van der Waals surface area contributed by atoms with Gasteiger partial charge in [0.25, 0.3) is 0 Å². The molecule has 1 heterocycles. The Morgan fingerprint density at radius 1 is 0.302 bits per heavy atom. The predicted octanol–water partition coefficient (Wildman–Crippen LogP) is 16.4. The Hall–Kier alpha value is -8.20. The lowest BCUT2D eigenvalue weighted by molar-refractivity contribution is 0.670. The summed E-state index contributed by atoms with van der Waals surface area (Å²) in [7, 11) is 0. The van der Waals surface area contributed by atoms with Gasteiger partial charge in [0.15, 0.2) is 0 Å². The molecule has 0 spiro atoms. The average Bonchev–Trinajstić information content (AvgIpc) is 3.90. The molecule has 0 amide bonds. The second kappa shape index (κ2) is 15.1. The van der Waals surface area contributed by atoms with Gasteiger partial charge in [-0.25, -0.2) is 0 Å². The number of furan rings is 1. The van der Waals surface area contributed by atoms with Crippen LogP contribution in [0.4, 0.5) is 17.1 Å². The summed E-state index contributed by atoms with van der Waals surface area (Å²) in [6, 6.07) is 90.2. The van der Waals surface area contributed by atoms with E-state index in [1.165, 1.54) is 50.1 Å². The van der Waals surface area contributed by atoms with Crippen LogP contribution in [0.5, 0.6) is 0 Å². The van der Waals surface area contributed by atoms with Gasteiger partial charge in [-0.05, 0) is 110 Å². The van der Waals surface area contributed by atoms with Gasteiger partial charge in [-0.2, -0.15) is 0 Å². The van der Waals surface area contributed by atoms with Crippen LogP contribution in [-0.2, 0) is 5.41 Å². The van der Waals surface area contributed by atoms with Gasteiger partial charge < -0.3 is 9.32 Å². The maximum atomic E-state index is 6.47. The summed E-state index contributed by atoms with van der Waals surface area (Å²) in [5, 5.41) is 2.26. The lowest BCUT2D eigenvalue weighted by atomic mass is 9.68. The van der Waals surface area contributed by atoms with Gasteiger partial charge in [-0.15, -0.1) is 0 Å². The van der Waals surface area contributed by atoms with Crippen molar-refractivity contribution < 1.29 is 4.42 Å². The Labute approximate surface area is 367 Å². The molecule has 0 unspecified atom stereocenters. The molecular weight excluding hydrogens is 763 g/mol. The Balaban J connectivity index is 1.00. The van der Waals surface area contributed by atoms with E-state index < -0.39 is 5.41 Å². The first-order chi connectivity index (χ1) is 31.2. The quantitative estimate of drug-likeness (QED) is 0.152. The molecule has 0 bridgehead atoms. The van der Waals surface area contributed by atoms with Crippen LogP contribution < -0.4 is 4.90 Å². The van der Waals surface area contributed by atoms with Crippen molar-refractivity contribution in [2.45, 2.75) is 5.41 Å². The van der Waals surface area contributed by atoms with Crippen LogP contribution in [0, 0.1) is 0 Å². The predicted molar refractivity (Wildman–Crippen MR) is 262 cm³/mol. The van der Waals surface area contributed by atoms with E-state index in [1.807, 2.05) is 12.1 Å². The number of para-hydroxylation sites is 2. The fraction of sp³-hybridized carbons (Fsp3) is 0.0164. The highest BCUT2D eigenvalue weighted by atomic mass is 16.3. The normalized spacial score (nSPS) is 12.6.